The van der Waals surface area contributed by atoms with E-state index in [4.69, 9.17) is 4.74 Å². The molecule has 178 valence electrons. The van der Waals surface area contributed by atoms with Crippen molar-refractivity contribution < 1.29 is 17.9 Å². The topological polar surface area (TPSA) is 70.2 Å². The van der Waals surface area contributed by atoms with Crippen molar-refractivity contribution in [2.24, 2.45) is 0 Å². The number of sulfonamides is 1. The number of morpholine rings is 1. The minimum atomic E-state index is -3.18. The lowest BCUT2D eigenvalue weighted by Gasteiger charge is -2.29. The molecule has 0 aromatic heterocycles. The normalized spacial score (nSPS) is 19.0. The number of carbonyl (C=O) groups excluding carboxylic acids is 1. The summed E-state index contributed by atoms with van der Waals surface area (Å²) < 4.78 is 31.1. The average molecular weight is 464 g/mol. The first kappa shape index (κ1) is 24.7. The molecule has 0 radical (unpaired) electrons. The molecule has 2 saturated heterocycles. The predicted molar refractivity (Wildman–Crippen MR) is 129 cm³/mol. The van der Waals surface area contributed by atoms with Gasteiger partial charge in [0.05, 0.1) is 24.7 Å². The standard InChI is InChI=1S/C24H37N3O4S/c1-2-3-4-5-13-26(16-15-25-17-19-31-20-18-25)24(28)12-9-22-7-10-23(11-8-22)27-14-6-21-32(27,29)30/h7-12H,2-6,13-21H2,1H3/b12-9+. The summed E-state index contributed by atoms with van der Waals surface area (Å²) in [7, 11) is -3.18. The van der Waals surface area contributed by atoms with Gasteiger partial charge in [-0.1, -0.05) is 38.3 Å². The second-order valence-electron chi connectivity index (χ2n) is 8.51. The van der Waals surface area contributed by atoms with Crippen molar-refractivity contribution in [3.63, 3.8) is 0 Å². The van der Waals surface area contributed by atoms with E-state index < -0.39 is 10.0 Å². The molecular weight excluding hydrogens is 426 g/mol. The lowest BCUT2D eigenvalue weighted by molar-refractivity contribution is -0.126. The largest absolute Gasteiger partial charge is 0.379 e. The SMILES string of the molecule is CCCCCCN(CCN1CCOCC1)C(=O)/C=C/c1ccc(N2CCCS2(=O)=O)cc1. The van der Waals surface area contributed by atoms with Crippen LogP contribution in [0.1, 0.15) is 44.6 Å². The second-order valence-corrected chi connectivity index (χ2v) is 10.5. The van der Waals surface area contributed by atoms with Crippen molar-refractivity contribution >= 4 is 27.7 Å². The summed E-state index contributed by atoms with van der Waals surface area (Å²) in [5.41, 5.74) is 1.58. The average Bonchev–Trinajstić information content (AvgIpc) is 3.17. The van der Waals surface area contributed by atoms with E-state index in [-0.39, 0.29) is 11.7 Å². The highest BCUT2D eigenvalue weighted by molar-refractivity contribution is 7.93. The van der Waals surface area contributed by atoms with Gasteiger partial charge in [-0.05, 0) is 36.6 Å². The molecule has 8 heteroatoms. The van der Waals surface area contributed by atoms with Gasteiger partial charge < -0.3 is 9.64 Å². The van der Waals surface area contributed by atoms with Crippen LogP contribution in [-0.2, 0) is 19.6 Å². The van der Waals surface area contributed by atoms with Gasteiger partial charge in [-0.3, -0.25) is 14.0 Å². The van der Waals surface area contributed by atoms with Gasteiger partial charge in [-0.15, -0.1) is 0 Å². The first-order chi connectivity index (χ1) is 15.5. The highest BCUT2D eigenvalue weighted by Gasteiger charge is 2.28. The van der Waals surface area contributed by atoms with E-state index in [1.165, 1.54) is 17.1 Å². The fourth-order valence-electron chi connectivity index (χ4n) is 4.10. The fraction of sp³-hybridized carbons (Fsp3) is 0.625. The Morgan fingerprint density at radius 3 is 2.47 bits per heavy atom. The smallest absolute Gasteiger partial charge is 0.246 e. The van der Waals surface area contributed by atoms with Crippen molar-refractivity contribution in [1.29, 1.82) is 0 Å². The van der Waals surface area contributed by atoms with Gasteiger partial charge in [-0.2, -0.15) is 0 Å². The van der Waals surface area contributed by atoms with Gasteiger partial charge in [0.15, 0.2) is 0 Å². The third-order valence-electron chi connectivity index (χ3n) is 6.08. The van der Waals surface area contributed by atoms with Gasteiger partial charge in [0.2, 0.25) is 15.9 Å². The Morgan fingerprint density at radius 2 is 1.81 bits per heavy atom. The number of hydrogen-bond acceptors (Lipinski definition) is 5. The monoisotopic (exact) mass is 463 g/mol. The zero-order chi connectivity index (χ0) is 22.8. The molecule has 2 heterocycles. The van der Waals surface area contributed by atoms with Crippen molar-refractivity contribution in [3.05, 3.63) is 35.9 Å². The third-order valence-corrected chi connectivity index (χ3v) is 7.95. The van der Waals surface area contributed by atoms with Gasteiger partial charge in [0, 0.05) is 45.3 Å². The van der Waals surface area contributed by atoms with Crippen LogP contribution >= 0.6 is 0 Å². The lowest BCUT2D eigenvalue weighted by atomic mass is 10.1. The molecule has 7 nitrogen and oxygen atoms in total. The molecule has 1 aromatic rings. The van der Waals surface area contributed by atoms with E-state index in [9.17, 15) is 13.2 Å². The number of anilines is 1. The molecule has 0 unspecified atom stereocenters. The number of amides is 1. The molecule has 32 heavy (non-hydrogen) atoms. The molecule has 1 amide bonds. The number of hydrogen-bond donors (Lipinski definition) is 0. The molecule has 2 aliphatic heterocycles. The first-order valence-corrected chi connectivity index (χ1v) is 13.5. The molecular formula is C24H37N3O4S. The summed E-state index contributed by atoms with van der Waals surface area (Å²) in [6.45, 7) is 8.47. The second kappa shape index (κ2) is 12.4. The first-order valence-electron chi connectivity index (χ1n) is 11.9. The predicted octanol–water partition coefficient (Wildman–Crippen LogP) is 2.98. The van der Waals surface area contributed by atoms with Crippen molar-refractivity contribution in [3.8, 4) is 0 Å². The third kappa shape index (κ3) is 7.32. The molecule has 0 atom stereocenters. The maximum atomic E-state index is 12.9. The molecule has 2 aliphatic rings. The van der Waals surface area contributed by atoms with Crippen LogP contribution in [0.2, 0.25) is 0 Å². The zero-order valence-corrected chi connectivity index (χ0v) is 20.1. The molecule has 1 aromatic carbocycles. The molecule has 0 N–H and O–H groups in total. The number of ether oxygens (including phenoxy) is 1. The van der Waals surface area contributed by atoms with Crippen molar-refractivity contribution in [2.75, 3.05) is 62.5 Å². The van der Waals surface area contributed by atoms with Gasteiger partial charge >= 0.3 is 0 Å². The van der Waals surface area contributed by atoms with E-state index >= 15 is 0 Å². The number of rotatable bonds is 11. The minimum Gasteiger partial charge on any atom is -0.379 e. The number of nitrogens with zero attached hydrogens (tertiary/aromatic N) is 3. The molecule has 0 bridgehead atoms. The Kier molecular flexibility index (Phi) is 9.56. The highest BCUT2D eigenvalue weighted by Crippen LogP contribution is 2.24. The fourth-order valence-corrected chi connectivity index (χ4v) is 5.67. The molecule has 0 aliphatic carbocycles. The minimum absolute atomic E-state index is 0.0287. The summed E-state index contributed by atoms with van der Waals surface area (Å²) in [5.74, 6) is 0.239. The van der Waals surface area contributed by atoms with Gasteiger partial charge in [-0.25, -0.2) is 8.42 Å². The van der Waals surface area contributed by atoms with Crippen LogP contribution in [0.5, 0.6) is 0 Å². The summed E-state index contributed by atoms with van der Waals surface area (Å²) in [6.07, 6.45) is 8.66. The Balaban J connectivity index is 1.57. The molecule has 0 saturated carbocycles. The summed E-state index contributed by atoms with van der Waals surface area (Å²) >= 11 is 0. The number of carbonyl (C=O) groups is 1. The van der Waals surface area contributed by atoms with Gasteiger partial charge in [0.25, 0.3) is 0 Å². The van der Waals surface area contributed by atoms with Crippen LogP contribution in [0.3, 0.4) is 0 Å². The van der Waals surface area contributed by atoms with Crippen LogP contribution in [0.25, 0.3) is 6.08 Å². The Bertz CT molecular complexity index is 849. The summed E-state index contributed by atoms with van der Waals surface area (Å²) in [4.78, 5) is 17.2. The van der Waals surface area contributed by atoms with Gasteiger partial charge in [0.1, 0.15) is 0 Å². The van der Waals surface area contributed by atoms with E-state index in [1.54, 1.807) is 6.08 Å². The molecule has 2 fully saturated rings. The van der Waals surface area contributed by atoms with Crippen LogP contribution in [0.4, 0.5) is 5.69 Å². The summed E-state index contributed by atoms with van der Waals surface area (Å²) in [6, 6.07) is 7.36. The zero-order valence-electron chi connectivity index (χ0n) is 19.2. The van der Waals surface area contributed by atoms with Crippen molar-refractivity contribution in [1.82, 2.24) is 9.80 Å². The van der Waals surface area contributed by atoms with Crippen LogP contribution < -0.4 is 4.31 Å². The lowest BCUT2D eigenvalue weighted by Crippen LogP contribution is -2.43. The number of benzene rings is 1. The Labute approximate surface area is 193 Å². The van der Waals surface area contributed by atoms with Crippen LogP contribution in [0, 0.1) is 0 Å². The number of unbranched alkanes of at least 4 members (excludes halogenated alkanes) is 3. The molecule has 0 spiro atoms. The highest BCUT2D eigenvalue weighted by atomic mass is 32.2. The van der Waals surface area contributed by atoms with Crippen LogP contribution in [-0.4, -0.2) is 82.4 Å². The van der Waals surface area contributed by atoms with Crippen LogP contribution in [0.15, 0.2) is 30.3 Å². The maximum Gasteiger partial charge on any atom is 0.246 e. The van der Waals surface area contributed by atoms with E-state index in [2.05, 4.69) is 11.8 Å². The van der Waals surface area contributed by atoms with E-state index in [0.717, 1.165) is 64.3 Å². The quantitative estimate of drug-likeness (QED) is 0.373. The van der Waals surface area contributed by atoms with Crippen molar-refractivity contribution in [2.45, 2.75) is 39.0 Å². The maximum absolute atomic E-state index is 12.9. The Hall–Kier alpha value is -1.90. The Morgan fingerprint density at radius 1 is 1.06 bits per heavy atom. The molecule has 3 rings (SSSR count). The summed E-state index contributed by atoms with van der Waals surface area (Å²) in [5, 5.41) is 0. The van der Waals surface area contributed by atoms with E-state index in [1.807, 2.05) is 35.2 Å². The van der Waals surface area contributed by atoms with E-state index in [0.29, 0.717) is 18.7 Å².